The average Bonchev–Trinajstić information content (AvgIpc) is 2.41. The summed E-state index contributed by atoms with van der Waals surface area (Å²) in [6.07, 6.45) is 0. The van der Waals surface area contributed by atoms with Gasteiger partial charge in [0.25, 0.3) is 0 Å². The second-order valence-corrected chi connectivity index (χ2v) is 4.29. The van der Waals surface area contributed by atoms with E-state index < -0.39 is 11.8 Å². The van der Waals surface area contributed by atoms with Gasteiger partial charge in [-0.25, -0.2) is 9.18 Å². The summed E-state index contributed by atoms with van der Waals surface area (Å²) in [6, 6.07) is 11.2. The maximum absolute atomic E-state index is 13.5. The molecule has 0 heterocycles. The maximum atomic E-state index is 13.5. The minimum absolute atomic E-state index is 0.134. The Labute approximate surface area is 116 Å². The van der Waals surface area contributed by atoms with E-state index in [2.05, 4.69) is 10.6 Å². The molecule has 0 unspecified atom stereocenters. The van der Waals surface area contributed by atoms with Gasteiger partial charge in [0.2, 0.25) is 0 Å². The summed E-state index contributed by atoms with van der Waals surface area (Å²) in [4.78, 5) is 11.8. The van der Waals surface area contributed by atoms with Gasteiger partial charge in [-0.1, -0.05) is 17.7 Å². The van der Waals surface area contributed by atoms with E-state index in [0.29, 0.717) is 11.4 Å². The van der Waals surface area contributed by atoms with Gasteiger partial charge >= 0.3 is 6.03 Å². The fraction of sp³-hybridized carbons (Fsp3) is 0.133. The number of methoxy groups -OCH3 is 1. The third-order valence-corrected chi connectivity index (χ3v) is 2.72. The van der Waals surface area contributed by atoms with Crippen LogP contribution in [0.4, 0.5) is 20.6 Å². The summed E-state index contributed by atoms with van der Waals surface area (Å²) in [5.74, 6) is -0.393. The lowest BCUT2D eigenvalue weighted by molar-refractivity contribution is 0.262. The zero-order valence-corrected chi connectivity index (χ0v) is 11.2. The molecule has 0 saturated carbocycles. The molecule has 0 saturated heterocycles. The Kier molecular flexibility index (Phi) is 4.20. The fourth-order valence-electron chi connectivity index (χ4n) is 1.67. The fourth-order valence-corrected chi connectivity index (χ4v) is 1.67. The summed E-state index contributed by atoms with van der Waals surface area (Å²) < 4.78 is 18.3. The molecule has 4 nitrogen and oxygen atoms in total. The summed E-state index contributed by atoms with van der Waals surface area (Å²) in [6.45, 7) is 1.96. The van der Waals surface area contributed by atoms with E-state index in [1.807, 2.05) is 19.1 Å². The van der Waals surface area contributed by atoms with Crippen LogP contribution in [0.3, 0.4) is 0 Å². The zero-order chi connectivity index (χ0) is 14.5. The number of rotatable bonds is 3. The van der Waals surface area contributed by atoms with Crippen molar-refractivity contribution in [3.8, 4) is 5.75 Å². The first kappa shape index (κ1) is 13.9. The summed E-state index contributed by atoms with van der Waals surface area (Å²) >= 11 is 0. The highest BCUT2D eigenvalue weighted by molar-refractivity contribution is 5.99. The Hall–Kier alpha value is -2.56. The van der Waals surface area contributed by atoms with Gasteiger partial charge in [0.05, 0.1) is 7.11 Å². The maximum Gasteiger partial charge on any atom is 0.323 e. The van der Waals surface area contributed by atoms with E-state index in [9.17, 15) is 9.18 Å². The molecule has 0 radical (unpaired) electrons. The van der Waals surface area contributed by atoms with Crippen LogP contribution in [0.5, 0.6) is 5.75 Å². The normalized spacial score (nSPS) is 9.95. The number of carbonyl (C=O) groups excluding carboxylic acids is 1. The van der Waals surface area contributed by atoms with Crippen molar-refractivity contribution in [2.75, 3.05) is 17.7 Å². The summed E-state index contributed by atoms with van der Waals surface area (Å²) in [5.41, 5.74) is 2.13. The second-order valence-electron chi connectivity index (χ2n) is 4.29. The molecule has 0 bridgehead atoms. The molecule has 2 N–H and O–H groups in total. The highest BCUT2D eigenvalue weighted by Crippen LogP contribution is 2.20. The molecular weight excluding hydrogens is 259 g/mol. The molecule has 104 valence electrons. The number of urea groups is 1. The molecule has 2 aromatic carbocycles. The molecule has 0 aliphatic carbocycles. The van der Waals surface area contributed by atoms with Gasteiger partial charge in [-0.2, -0.15) is 0 Å². The molecule has 5 heteroatoms. The predicted octanol–water partition coefficient (Wildman–Crippen LogP) is 3.79. The Balaban J connectivity index is 2.01. The minimum atomic E-state index is -0.527. The van der Waals surface area contributed by atoms with E-state index in [1.165, 1.54) is 19.2 Å². The quantitative estimate of drug-likeness (QED) is 0.894. The number of carbonyl (C=O) groups is 1. The van der Waals surface area contributed by atoms with Gasteiger partial charge in [-0.05, 0) is 31.2 Å². The van der Waals surface area contributed by atoms with E-state index in [0.717, 1.165) is 5.56 Å². The molecule has 0 aromatic heterocycles. The van der Waals surface area contributed by atoms with Gasteiger partial charge in [0.1, 0.15) is 0 Å². The van der Waals surface area contributed by atoms with Crippen LogP contribution in [0.1, 0.15) is 5.56 Å². The number of hydrogen-bond acceptors (Lipinski definition) is 2. The lowest BCUT2D eigenvalue weighted by Crippen LogP contribution is -2.19. The second kappa shape index (κ2) is 6.06. The molecule has 2 rings (SSSR count). The van der Waals surface area contributed by atoms with Gasteiger partial charge in [0.15, 0.2) is 11.6 Å². The van der Waals surface area contributed by atoms with Crippen molar-refractivity contribution in [3.05, 3.63) is 53.8 Å². The molecule has 0 atom stereocenters. The predicted molar refractivity (Wildman–Crippen MR) is 76.8 cm³/mol. The largest absolute Gasteiger partial charge is 0.494 e. The number of amides is 2. The van der Waals surface area contributed by atoms with Crippen LogP contribution in [-0.4, -0.2) is 13.1 Å². The Morgan fingerprint density at radius 3 is 2.25 bits per heavy atom. The van der Waals surface area contributed by atoms with Crippen molar-refractivity contribution < 1.29 is 13.9 Å². The van der Waals surface area contributed by atoms with Crippen LogP contribution in [0.25, 0.3) is 0 Å². The molecule has 2 aromatic rings. The van der Waals surface area contributed by atoms with Crippen LogP contribution in [-0.2, 0) is 0 Å². The van der Waals surface area contributed by atoms with Crippen molar-refractivity contribution >= 4 is 17.4 Å². The summed E-state index contributed by atoms with van der Waals surface area (Å²) in [5, 5.41) is 5.21. The molecular formula is C15H15FN2O2. The van der Waals surface area contributed by atoms with Gasteiger partial charge in [-0.3, -0.25) is 0 Å². The van der Waals surface area contributed by atoms with Crippen molar-refractivity contribution in [1.29, 1.82) is 0 Å². The monoisotopic (exact) mass is 274 g/mol. The summed E-state index contributed by atoms with van der Waals surface area (Å²) in [7, 11) is 1.38. The number of anilines is 2. The van der Waals surface area contributed by atoms with Crippen LogP contribution >= 0.6 is 0 Å². The number of nitrogens with one attached hydrogen (secondary N) is 2. The first-order valence-corrected chi connectivity index (χ1v) is 6.06. The average molecular weight is 274 g/mol. The van der Waals surface area contributed by atoms with E-state index in [1.54, 1.807) is 18.2 Å². The van der Waals surface area contributed by atoms with E-state index in [-0.39, 0.29) is 5.75 Å². The molecule has 0 spiro atoms. The lowest BCUT2D eigenvalue weighted by Gasteiger charge is -2.09. The number of aryl methyl sites for hydroxylation is 1. The highest BCUT2D eigenvalue weighted by Gasteiger charge is 2.06. The van der Waals surface area contributed by atoms with Crippen molar-refractivity contribution in [2.45, 2.75) is 6.92 Å². The lowest BCUT2D eigenvalue weighted by atomic mass is 10.2. The van der Waals surface area contributed by atoms with Crippen LogP contribution < -0.4 is 15.4 Å². The van der Waals surface area contributed by atoms with E-state index >= 15 is 0 Å². The topological polar surface area (TPSA) is 50.4 Å². The molecule has 0 aliphatic heterocycles. The van der Waals surface area contributed by atoms with Crippen LogP contribution in [0, 0.1) is 12.7 Å². The Morgan fingerprint density at radius 1 is 1.05 bits per heavy atom. The minimum Gasteiger partial charge on any atom is -0.494 e. The molecule has 0 aliphatic rings. The number of halogens is 1. The molecule has 2 amide bonds. The van der Waals surface area contributed by atoms with Gasteiger partial charge < -0.3 is 15.4 Å². The standard InChI is InChI=1S/C15H15FN2O2/c1-10-3-5-11(6-4-10)17-15(19)18-12-7-8-14(20-2)13(16)9-12/h3-9H,1-2H3,(H2,17,18,19). The van der Waals surface area contributed by atoms with Gasteiger partial charge in [0, 0.05) is 17.4 Å². The number of benzene rings is 2. The smallest absolute Gasteiger partial charge is 0.323 e. The van der Waals surface area contributed by atoms with Crippen LogP contribution in [0.2, 0.25) is 0 Å². The Bertz CT molecular complexity index is 612. The van der Waals surface area contributed by atoms with Crippen molar-refractivity contribution in [3.63, 3.8) is 0 Å². The van der Waals surface area contributed by atoms with Crippen molar-refractivity contribution in [2.24, 2.45) is 0 Å². The number of hydrogen-bond donors (Lipinski definition) is 2. The Morgan fingerprint density at radius 2 is 1.65 bits per heavy atom. The van der Waals surface area contributed by atoms with Crippen LogP contribution in [0.15, 0.2) is 42.5 Å². The number of ether oxygens (including phenoxy) is 1. The third-order valence-electron chi connectivity index (χ3n) is 2.72. The highest BCUT2D eigenvalue weighted by atomic mass is 19.1. The molecule has 0 fully saturated rings. The first-order valence-electron chi connectivity index (χ1n) is 6.06. The first-order chi connectivity index (χ1) is 9.58. The van der Waals surface area contributed by atoms with Crippen molar-refractivity contribution in [1.82, 2.24) is 0 Å². The van der Waals surface area contributed by atoms with E-state index in [4.69, 9.17) is 4.74 Å². The third kappa shape index (κ3) is 3.47. The molecule has 20 heavy (non-hydrogen) atoms. The SMILES string of the molecule is COc1ccc(NC(=O)Nc2ccc(C)cc2)cc1F. The zero-order valence-electron chi connectivity index (χ0n) is 11.2. The van der Waals surface area contributed by atoms with Gasteiger partial charge in [-0.15, -0.1) is 0 Å².